The van der Waals surface area contributed by atoms with Crippen molar-refractivity contribution in [2.75, 3.05) is 11.9 Å². The molecular formula is C32H27N3O5S. The number of sulfone groups is 1. The van der Waals surface area contributed by atoms with Crippen LogP contribution in [0.15, 0.2) is 124 Å². The summed E-state index contributed by atoms with van der Waals surface area (Å²) in [4.78, 5) is 13.1. The number of nitrogens with one attached hydrogen (secondary N) is 1. The SMILES string of the molecule is CCOc1ccc(N=Nc2c(O)c(C(=O)Nc3ccccc3)cc3ccccc23)cc1S(=O)(=O)Cc1ccccc1. The van der Waals surface area contributed by atoms with Crippen molar-refractivity contribution in [3.05, 3.63) is 120 Å². The number of fused-ring (bicyclic) bond motifs is 1. The fraction of sp³-hybridized carbons (Fsp3) is 0.0938. The third-order valence-corrected chi connectivity index (χ3v) is 8.00. The molecule has 0 saturated heterocycles. The average molecular weight is 566 g/mol. The fourth-order valence-corrected chi connectivity index (χ4v) is 5.89. The van der Waals surface area contributed by atoms with Crippen LogP contribution in [0.3, 0.4) is 0 Å². The van der Waals surface area contributed by atoms with Crippen molar-refractivity contribution in [3.8, 4) is 11.5 Å². The molecule has 5 aromatic carbocycles. The largest absolute Gasteiger partial charge is 0.505 e. The maximum atomic E-state index is 13.4. The van der Waals surface area contributed by atoms with Gasteiger partial charge in [0.25, 0.3) is 5.91 Å². The third-order valence-electron chi connectivity index (χ3n) is 6.30. The van der Waals surface area contributed by atoms with Gasteiger partial charge in [-0.05, 0) is 54.3 Å². The number of benzene rings is 5. The van der Waals surface area contributed by atoms with E-state index in [1.807, 2.05) is 18.2 Å². The third kappa shape index (κ3) is 6.26. The van der Waals surface area contributed by atoms with Gasteiger partial charge in [0, 0.05) is 11.1 Å². The molecule has 0 aliphatic rings. The average Bonchev–Trinajstić information content (AvgIpc) is 2.98. The number of carbonyl (C=O) groups excluding carboxylic acids is 1. The summed E-state index contributed by atoms with van der Waals surface area (Å²) < 4.78 is 32.4. The van der Waals surface area contributed by atoms with E-state index in [2.05, 4.69) is 15.5 Å². The Morgan fingerprint density at radius 2 is 1.54 bits per heavy atom. The number of amides is 1. The molecule has 0 radical (unpaired) electrons. The summed E-state index contributed by atoms with van der Waals surface area (Å²) in [5.41, 5.74) is 1.57. The molecule has 0 aliphatic heterocycles. The zero-order valence-corrected chi connectivity index (χ0v) is 23.0. The van der Waals surface area contributed by atoms with Gasteiger partial charge in [-0.1, -0.05) is 72.8 Å². The Morgan fingerprint density at radius 1 is 0.854 bits per heavy atom. The van der Waals surface area contributed by atoms with Crippen LogP contribution in [-0.2, 0) is 15.6 Å². The highest BCUT2D eigenvalue weighted by Crippen LogP contribution is 2.40. The van der Waals surface area contributed by atoms with Gasteiger partial charge in [-0.15, -0.1) is 5.11 Å². The van der Waals surface area contributed by atoms with Gasteiger partial charge < -0.3 is 15.2 Å². The first kappa shape index (κ1) is 27.5. The molecule has 0 fully saturated rings. The van der Waals surface area contributed by atoms with Crippen molar-refractivity contribution >= 4 is 43.6 Å². The standard InChI is InChI=1S/C32H27N3O5S/c1-2-40-28-18-17-25(20-29(28)41(38,39)21-22-11-5-3-6-12-22)34-35-30-26-16-10-9-13-23(26)19-27(31(30)36)32(37)33-24-14-7-4-8-15-24/h3-20,36H,2,21H2,1H3,(H,33,37). The first-order valence-corrected chi connectivity index (χ1v) is 14.6. The number of aromatic hydroxyl groups is 1. The molecule has 0 spiro atoms. The highest BCUT2D eigenvalue weighted by molar-refractivity contribution is 7.90. The number of nitrogens with zero attached hydrogens (tertiary/aromatic N) is 2. The Balaban J connectivity index is 1.54. The van der Waals surface area contributed by atoms with E-state index in [1.54, 1.807) is 85.8 Å². The van der Waals surface area contributed by atoms with E-state index in [9.17, 15) is 18.3 Å². The number of hydrogen-bond acceptors (Lipinski definition) is 7. The number of para-hydroxylation sites is 1. The zero-order valence-electron chi connectivity index (χ0n) is 22.2. The lowest BCUT2D eigenvalue weighted by Crippen LogP contribution is -2.12. The van der Waals surface area contributed by atoms with Crippen LogP contribution in [-0.4, -0.2) is 26.0 Å². The molecule has 0 heterocycles. The lowest BCUT2D eigenvalue weighted by Gasteiger charge is -2.12. The van der Waals surface area contributed by atoms with Crippen LogP contribution >= 0.6 is 0 Å². The zero-order chi connectivity index (χ0) is 28.8. The summed E-state index contributed by atoms with van der Waals surface area (Å²) in [5, 5.41) is 23.7. The number of carbonyl (C=O) groups is 1. The second-order valence-electron chi connectivity index (χ2n) is 9.17. The number of ether oxygens (including phenoxy) is 1. The topological polar surface area (TPSA) is 117 Å². The smallest absolute Gasteiger partial charge is 0.259 e. The second-order valence-corrected chi connectivity index (χ2v) is 11.1. The molecule has 2 N–H and O–H groups in total. The van der Waals surface area contributed by atoms with E-state index in [0.29, 0.717) is 22.0 Å². The minimum Gasteiger partial charge on any atom is -0.505 e. The van der Waals surface area contributed by atoms with E-state index in [0.717, 1.165) is 0 Å². The summed E-state index contributed by atoms with van der Waals surface area (Å²) in [6.07, 6.45) is 0. The Bertz CT molecular complexity index is 1840. The van der Waals surface area contributed by atoms with Gasteiger partial charge in [-0.2, -0.15) is 5.11 Å². The first-order valence-electron chi connectivity index (χ1n) is 12.9. The summed E-state index contributed by atoms with van der Waals surface area (Å²) >= 11 is 0. The van der Waals surface area contributed by atoms with Crippen molar-refractivity contribution < 1.29 is 23.1 Å². The minimum atomic E-state index is -3.79. The predicted octanol–water partition coefficient (Wildman–Crippen LogP) is 7.59. The van der Waals surface area contributed by atoms with Gasteiger partial charge in [0.1, 0.15) is 16.3 Å². The summed E-state index contributed by atoms with van der Waals surface area (Å²) in [5.74, 6) is -0.844. The molecule has 41 heavy (non-hydrogen) atoms. The van der Waals surface area contributed by atoms with Crippen LogP contribution in [0.5, 0.6) is 11.5 Å². The van der Waals surface area contributed by atoms with Crippen molar-refractivity contribution in [1.82, 2.24) is 0 Å². The van der Waals surface area contributed by atoms with Crippen molar-refractivity contribution in [2.24, 2.45) is 10.2 Å². The molecule has 206 valence electrons. The summed E-state index contributed by atoms with van der Waals surface area (Å²) in [6, 6.07) is 31.1. The Morgan fingerprint density at radius 3 is 2.27 bits per heavy atom. The van der Waals surface area contributed by atoms with Gasteiger partial charge in [0.2, 0.25) is 0 Å². The van der Waals surface area contributed by atoms with Crippen LogP contribution in [0.25, 0.3) is 10.8 Å². The Hall–Kier alpha value is -5.02. The molecule has 0 aromatic heterocycles. The monoisotopic (exact) mass is 565 g/mol. The van der Waals surface area contributed by atoms with Crippen LogP contribution in [0.2, 0.25) is 0 Å². The maximum absolute atomic E-state index is 13.4. The van der Waals surface area contributed by atoms with Crippen molar-refractivity contribution in [2.45, 2.75) is 17.6 Å². The van der Waals surface area contributed by atoms with Crippen LogP contribution in [0.1, 0.15) is 22.8 Å². The molecule has 0 bridgehead atoms. The second kappa shape index (κ2) is 12.0. The van der Waals surface area contributed by atoms with Gasteiger partial charge in [-0.3, -0.25) is 4.79 Å². The highest BCUT2D eigenvalue weighted by atomic mass is 32.2. The summed E-state index contributed by atoms with van der Waals surface area (Å²) in [7, 11) is -3.79. The molecule has 5 rings (SSSR count). The number of hydrogen-bond donors (Lipinski definition) is 2. The van der Waals surface area contributed by atoms with Crippen LogP contribution in [0.4, 0.5) is 17.1 Å². The van der Waals surface area contributed by atoms with E-state index >= 15 is 0 Å². The first-order chi connectivity index (χ1) is 19.9. The molecule has 0 saturated carbocycles. The molecular weight excluding hydrogens is 538 g/mol. The minimum absolute atomic E-state index is 0.00952. The van der Waals surface area contributed by atoms with Crippen LogP contribution in [0, 0.1) is 0 Å². The predicted molar refractivity (Wildman–Crippen MR) is 159 cm³/mol. The number of phenols is 1. The molecule has 5 aromatic rings. The molecule has 0 unspecified atom stereocenters. The Labute approximate surface area is 237 Å². The molecule has 9 heteroatoms. The van der Waals surface area contributed by atoms with E-state index in [-0.39, 0.29) is 45.7 Å². The van der Waals surface area contributed by atoms with Crippen molar-refractivity contribution in [3.63, 3.8) is 0 Å². The lowest BCUT2D eigenvalue weighted by molar-refractivity contribution is 0.102. The fourth-order valence-electron chi connectivity index (χ4n) is 4.37. The molecule has 8 nitrogen and oxygen atoms in total. The van der Waals surface area contributed by atoms with E-state index in [4.69, 9.17) is 4.74 Å². The molecule has 1 amide bonds. The maximum Gasteiger partial charge on any atom is 0.259 e. The molecule has 0 aliphatic carbocycles. The Kier molecular flexibility index (Phi) is 8.07. The number of anilines is 1. The quantitative estimate of drug-likeness (QED) is 0.179. The van der Waals surface area contributed by atoms with Gasteiger partial charge in [-0.25, -0.2) is 8.42 Å². The normalized spacial score (nSPS) is 11.5. The van der Waals surface area contributed by atoms with Crippen molar-refractivity contribution in [1.29, 1.82) is 0 Å². The van der Waals surface area contributed by atoms with Gasteiger partial charge in [0.05, 0.1) is 23.6 Å². The van der Waals surface area contributed by atoms with Gasteiger partial charge >= 0.3 is 0 Å². The van der Waals surface area contributed by atoms with Gasteiger partial charge in [0.15, 0.2) is 15.6 Å². The van der Waals surface area contributed by atoms with E-state index in [1.165, 1.54) is 12.1 Å². The number of rotatable bonds is 9. The highest BCUT2D eigenvalue weighted by Gasteiger charge is 2.22. The van der Waals surface area contributed by atoms with Crippen LogP contribution < -0.4 is 10.1 Å². The summed E-state index contributed by atoms with van der Waals surface area (Å²) in [6.45, 7) is 2.06. The molecule has 0 atom stereocenters. The van der Waals surface area contributed by atoms with E-state index < -0.39 is 15.7 Å². The number of phenolic OH excluding ortho intramolecular Hbond substituents is 1. The number of azo groups is 1. The lowest BCUT2D eigenvalue weighted by atomic mass is 10.0.